The van der Waals surface area contributed by atoms with E-state index >= 15 is 0 Å². The Morgan fingerprint density at radius 1 is 0.769 bits per heavy atom. The smallest absolute Gasteiger partial charge is 1.00 e. The molecule has 0 saturated heterocycles. The van der Waals surface area contributed by atoms with E-state index in [2.05, 4.69) is 27.7 Å². The van der Waals surface area contributed by atoms with E-state index in [1.54, 1.807) is 0 Å². The van der Waals surface area contributed by atoms with Crippen molar-refractivity contribution < 1.29 is 39.4 Å². The fraction of sp³-hybridized carbons (Fsp3) is 0.750. The molecule has 2 N–H and O–H groups in total. The van der Waals surface area contributed by atoms with Gasteiger partial charge in [0, 0.05) is 0 Å². The first-order chi connectivity index (χ1) is 3.83. The van der Waals surface area contributed by atoms with Crippen molar-refractivity contribution in [2.45, 2.75) is 39.5 Å². The van der Waals surface area contributed by atoms with E-state index in [9.17, 15) is 0 Å². The van der Waals surface area contributed by atoms with Gasteiger partial charge < -0.3 is 53.3 Å². The molecule has 0 atom stereocenters. The van der Waals surface area contributed by atoms with Crippen molar-refractivity contribution in [1.29, 1.82) is 0 Å². The molecule has 0 bridgehead atoms. The zero-order valence-corrected chi connectivity index (χ0v) is 14.9. The molecule has 0 aromatic heterocycles. The molecule has 13 heavy (non-hydrogen) atoms. The molecule has 0 rings (SSSR count). The Balaban J connectivity index is -0.00000000800. The normalized spacial score (nSPS) is 4.62. The van der Waals surface area contributed by atoms with Crippen molar-refractivity contribution >= 4 is 46.1 Å². The molecule has 0 fully saturated rings. The van der Waals surface area contributed by atoms with E-state index in [-0.39, 0.29) is 85.5 Å². The maximum absolute atomic E-state index is 3.60. The Kier molecular flexibility index (Phi) is 218. The van der Waals surface area contributed by atoms with Crippen molar-refractivity contribution in [3.63, 3.8) is 0 Å². The quantitative estimate of drug-likeness (QED) is 0.360. The second-order valence-electron chi connectivity index (χ2n) is 1.71. The first kappa shape index (κ1) is 45.2. The van der Waals surface area contributed by atoms with Gasteiger partial charge in [0.15, 0.2) is 0 Å². The van der Waals surface area contributed by atoms with E-state index in [0.717, 1.165) is 12.8 Å². The van der Waals surface area contributed by atoms with Gasteiger partial charge in [-0.25, -0.2) is 0 Å². The predicted molar refractivity (Wildman–Crippen MR) is 55.7 cm³/mol. The van der Waals surface area contributed by atoms with Crippen LogP contribution in [0.15, 0.2) is 0 Å². The van der Waals surface area contributed by atoms with Crippen LogP contribution < -0.4 is 34.0 Å². The van der Waals surface area contributed by atoms with E-state index in [1.807, 2.05) is 0 Å². The number of halogens is 2. The molecule has 76 valence electrons. The summed E-state index contributed by atoms with van der Waals surface area (Å²) in [5.41, 5.74) is 0. The van der Waals surface area contributed by atoms with Gasteiger partial charge in [0.05, 0.1) is 0 Å². The van der Waals surface area contributed by atoms with Crippen LogP contribution in [0.2, 0.25) is 0 Å². The number of rotatable bonds is 2. The summed E-state index contributed by atoms with van der Waals surface area (Å²) in [7, 11) is 0. The molecule has 0 aliphatic heterocycles. The predicted octanol–water partition coefficient (Wildman–Crippen LogP) is -4.34. The third kappa shape index (κ3) is 113. The SMILES string of the molecule is O.[Br-].[Br-].[CH2-]CCC.[CH2-]CCC.[Mg+2].[Mg+2]. The molecule has 0 aromatic carbocycles. The monoisotopic (exact) mass is 338 g/mol. The summed E-state index contributed by atoms with van der Waals surface area (Å²) in [5, 5.41) is 0. The van der Waals surface area contributed by atoms with Gasteiger partial charge in [0.1, 0.15) is 0 Å². The third-order valence-electron chi connectivity index (χ3n) is 0.707. The maximum atomic E-state index is 3.60. The van der Waals surface area contributed by atoms with Crippen molar-refractivity contribution in [2.24, 2.45) is 0 Å². The maximum Gasteiger partial charge on any atom is 2.00 e. The fourth-order valence-electron chi connectivity index (χ4n) is 0. The van der Waals surface area contributed by atoms with Crippen LogP contribution in [0, 0.1) is 13.8 Å². The van der Waals surface area contributed by atoms with E-state index < -0.39 is 0 Å². The van der Waals surface area contributed by atoms with Gasteiger partial charge in [-0.1, -0.05) is 26.7 Å². The number of unbranched alkanes of at least 4 members (excludes halogenated alkanes) is 2. The van der Waals surface area contributed by atoms with Gasteiger partial charge in [0.2, 0.25) is 0 Å². The first-order valence-corrected chi connectivity index (χ1v) is 3.41. The molecule has 0 unspecified atom stereocenters. The summed E-state index contributed by atoms with van der Waals surface area (Å²) >= 11 is 0. The second kappa shape index (κ2) is 62.8. The van der Waals surface area contributed by atoms with E-state index in [0.29, 0.717) is 0 Å². The van der Waals surface area contributed by atoms with Crippen molar-refractivity contribution in [3.8, 4) is 0 Å². The standard InChI is InChI=1S/2C4H9.2BrH.2Mg.H2O/c2*1-3-4-2;;;;;/h2*1,3-4H2,2H3;2*1H;;;1H2/q2*-1;;;2*+2;/p-2. The summed E-state index contributed by atoms with van der Waals surface area (Å²) in [4.78, 5) is 0. The zero-order chi connectivity index (χ0) is 6.83. The van der Waals surface area contributed by atoms with Crippen LogP contribution in [0.3, 0.4) is 0 Å². The van der Waals surface area contributed by atoms with Crippen LogP contribution in [0.1, 0.15) is 39.5 Å². The van der Waals surface area contributed by atoms with Crippen LogP contribution in [0.5, 0.6) is 0 Å². The van der Waals surface area contributed by atoms with Crippen LogP contribution in [0.25, 0.3) is 0 Å². The van der Waals surface area contributed by atoms with Gasteiger partial charge in [-0.05, 0) is 0 Å². The molecule has 0 amide bonds. The Morgan fingerprint density at radius 3 is 0.846 bits per heavy atom. The average molecular weight is 341 g/mol. The minimum Gasteiger partial charge on any atom is -1.00 e. The fourth-order valence-corrected chi connectivity index (χ4v) is 0. The summed E-state index contributed by atoms with van der Waals surface area (Å²) in [6.45, 7) is 11.4. The summed E-state index contributed by atoms with van der Waals surface area (Å²) < 4.78 is 0. The Bertz CT molecular complexity index is 28.1. The van der Waals surface area contributed by atoms with Crippen LogP contribution >= 0.6 is 0 Å². The molecule has 0 aliphatic rings. The molecule has 5 heteroatoms. The minimum absolute atomic E-state index is 0. The second-order valence-corrected chi connectivity index (χ2v) is 1.71. The first-order valence-electron chi connectivity index (χ1n) is 3.41. The number of hydrogen-bond acceptors (Lipinski definition) is 0. The number of hydrogen-bond donors (Lipinski definition) is 0. The zero-order valence-electron chi connectivity index (χ0n) is 8.91. The van der Waals surface area contributed by atoms with Crippen molar-refractivity contribution in [3.05, 3.63) is 13.8 Å². The van der Waals surface area contributed by atoms with Gasteiger partial charge >= 0.3 is 46.1 Å². The molecule has 0 heterocycles. The largest absolute Gasteiger partial charge is 2.00 e. The molecule has 0 aromatic rings. The van der Waals surface area contributed by atoms with Gasteiger partial charge in [-0.3, -0.25) is 0 Å². The average Bonchev–Trinajstić information content (AvgIpc) is 1.88. The van der Waals surface area contributed by atoms with Gasteiger partial charge in [0.25, 0.3) is 0 Å². The summed E-state index contributed by atoms with van der Waals surface area (Å²) in [5.74, 6) is 0. The molecule has 0 saturated carbocycles. The topological polar surface area (TPSA) is 31.5 Å². The third-order valence-corrected chi connectivity index (χ3v) is 0.707. The Labute approximate surface area is 137 Å². The van der Waals surface area contributed by atoms with E-state index in [4.69, 9.17) is 0 Å². The molecular formula is C8H20Br2Mg2O. The minimum atomic E-state index is 0. The van der Waals surface area contributed by atoms with E-state index in [1.165, 1.54) is 12.8 Å². The van der Waals surface area contributed by atoms with Crippen molar-refractivity contribution in [1.82, 2.24) is 0 Å². The van der Waals surface area contributed by atoms with Crippen molar-refractivity contribution in [2.75, 3.05) is 0 Å². The molecule has 0 spiro atoms. The molecule has 0 aliphatic carbocycles. The molecule has 0 radical (unpaired) electrons. The Hall–Kier alpha value is 2.45. The van der Waals surface area contributed by atoms with Gasteiger partial charge in [-0.15, -0.1) is 0 Å². The molecule has 1 nitrogen and oxygen atoms in total. The molecular weight excluding hydrogens is 321 g/mol. The van der Waals surface area contributed by atoms with Crippen LogP contribution in [-0.2, 0) is 0 Å². The summed E-state index contributed by atoms with van der Waals surface area (Å²) in [6, 6.07) is 0. The van der Waals surface area contributed by atoms with Gasteiger partial charge in [-0.2, -0.15) is 12.8 Å². The van der Waals surface area contributed by atoms with Crippen LogP contribution in [-0.4, -0.2) is 51.6 Å². The van der Waals surface area contributed by atoms with Crippen LogP contribution in [0.4, 0.5) is 0 Å². The summed E-state index contributed by atoms with van der Waals surface area (Å²) in [6.07, 6.45) is 4.56. The Morgan fingerprint density at radius 2 is 0.846 bits per heavy atom.